The first kappa shape index (κ1) is 15.4. The van der Waals surface area contributed by atoms with Crippen LogP contribution in [0.2, 0.25) is 0 Å². The van der Waals surface area contributed by atoms with Crippen LogP contribution >= 0.6 is 11.3 Å². The molecule has 1 atom stereocenters. The number of thiophene rings is 1. The van der Waals surface area contributed by atoms with Crippen LogP contribution in [0, 0.1) is 16.0 Å². The summed E-state index contributed by atoms with van der Waals surface area (Å²) in [6.45, 7) is 8.47. The van der Waals surface area contributed by atoms with E-state index in [0.29, 0.717) is 12.0 Å². The van der Waals surface area contributed by atoms with E-state index < -0.39 is 0 Å². The number of piperidine rings is 1. The van der Waals surface area contributed by atoms with Gasteiger partial charge in [0.15, 0.2) is 0 Å². The molecule has 2 heterocycles. The van der Waals surface area contributed by atoms with Crippen molar-refractivity contribution in [3.05, 3.63) is 27.1 Å². The Morgan fingerprint density at radius 1 is 1.60 bits per heavy atom. The van der Waals surface area contributed by atoms with Crippen molar-refractivity contribution in [2.45, 2.75) is 39.3 Å². The van der Waals surface area contributed by atoms with Gasteiger partial charge in [-0.3, -0.25) is 15.0 Å². The van der Waals surface area contributed by atoms with E-state index in [4.69, 9.17) is 0 Å². The van der Waals surface area contributed by atoms with Crippen molar-refractivity contribution < 1.29 is 4.92 Å². The summed E-state index contributed by atoms with van der Waals surface area (Å²) in [5, 5.41) is 16.3. The second kappa shape index (κ2) is 7.15. The molecule has 0 aliphatic carbocycles. The number of nitro groups is 1. The predicted molar refractivity (Wildman–Crippen MR) is 82.1 cm³/mol. The average molecular weight is 297 g/mol. The smallest absolute Gasteiger partial charge is 0.316 e. The molecule has 5 nitrogen and oxygen atoms in total. The van der Waals surface area contributed by atoms with E-state index in [9.17, 15) is 10.1 Å². The van der Waals surface area contributed by atoms with Crippen LogP contribution < -0.4 is 5.32 Å². The molecule has 1 unspecified atom stereocenters. The largest absolute Gasteiger partial charge is 0.324 e. The van der Waals surface area contributed by atoms with Gasteiger partial charge in [0.2, 0.25) is 0 Å². The lowest BCUT2D eigenvalue weighted by Gasteiger charge is -2.32. The van der Waals surface area contributed by atoms with E-state index in [1.165, 1.54) is 24.2 Å². The molecule has 0 saturated carbocycles. The number of rotatable bonds is 6. The molecular formula is C14H23N3O2S. The highest BCUT2D eigenvalue weighted by molar-refractivity contribution is 7.13. The van der Waals surface area contributed by atoms with Crippen molar-refractivity contribution in [2.75, 3.05) is 19.6 Å². The Kier molecular flexibility index (Phi) is 5.51. The van der Waals surface area contributed by atoms with Gasteiger partial charge < -0.3 is 5.32 Å². The number of nitrogens with one attached hydrogen (secondary N) is 1. The molecule has 6 heteroatoms. The third kappa shape index (κ3) is 4.26. The van der Waals surface area contributed by atoms with E-state index in [1.54, 1.807) is 6.07 Å². The highest BCUT2D eigenvalue weighted by atomic mass is 32.1. The van der Waals surface area contributed by atoms with Crippen molar-refractivity contribution in [3.63, 3.8) is 0 Å². The molecule has 1 saturated heterocycles. The van der Waals surface area contributed by atoms with Gasteiger partial charge in [0.05, 0.1) is 4.92 Å². The Labute approximate surface area is 124 Å². The zero-order valence-electron chi connectivity index (χ0n) is 12.2. The van der Waals surface area contributed by atoms with Crippen LogP contribution in [0.3, 0.4) is 0 Å². The molecule has 2 rings (SSSR count). The van der Waals surface area contributed by atoms with Crippen LogP contribution in [0.4, 0.5) is 5.00 Å². The molecule has 1 aromatic heterocycles. The zero-order chi connectivity index (χ0) is 14.5. The monoisotopic (exact) mass is 297 g/mol. The van der Waals surface area contributed by atoms with E-state index in [0.717, 1.165) is 31.7 Å². The molecular weight excluding hydrogens is 274 g/mol. The summed E-state index contributed by atoms with van der Waals surface area (Å²) in [6.07, 6.45) is 2.53. The van der Waals surface area contributed by atoms with Gasteiger partial charge in [0.25, 0.3) is 0 Å². The van der Waals surface area contributed by atoms with Crippen molar-refractivity contribution in [2.24, 2.45) is 5.92 Å². The molecule has 20 heavy (non-hydrogen) atoms. The topological polar surface area (TPSA) is 58.4 Å². The van der Waals surface area contributed by atoms with Gasteiger partial charge >= 0.3 is 5.00 Å². The van der Waals surface area contributed by atoms with Gasteiger partial charge in [0.1, 0.15) is 0 Å². The standard InChI is InChI=1S/C14H23N3O2S/c1-11(2)16(8-12-4-3-5-15-7-12)9-13-6-14(17(18)19)20-10-13/h6,10-12,15H,3-5,7-9H2,1-2H3. The fraction of sp³-hybridized carbons (Fsp3) is 0.714. The van der Waals surface area contributed by atoms with Crippen molar-refractivity contribution in [1.29, 1.82) is 0 Å². The van der Waals surface area contributed by atoms with Crippen LogP contribution in [0.25, 0.3) is 0 Å². The first-order valence-corrected chi connectivity index (χ1v) is 8.11. The Morgan fingerprint density at radius 2 is 2.40 bits per heavy atom. The van der Waals surface area contributed by atoms with Crippen LogP contribution in [-0.4, -0.2) is 35.5 Å². The molecule has 0 bridgehead atoms. The predicted octanol–water partition coefficient (Wildman–Crippen LogP) is 2.87. The molecule has 1 aliphatic heterocycles. The Bertz CT molecular complexity index is 441. The maximum atomic E-state index is 10.7. The third-order valence-electron chi connectivity index (χ3n) is 3.83. The van der Waals surface area contributed by atoms with Gasteiger partial charge in [-0.1, -0.05) is 11.3 Å². The minimum Gasteiger partial charge on any atom is -0.316 e. The highest BCUT2D eigenvalue weighted by Gasteiger charge is 2.20. The van der Waals surface area contributed by atoms with Crippen LogP contribution in [-0.2, 0) is 6.54 Å². The summed E-state index contributed by atoms with van der Waals surface area (Å²) in [4.78, 5) is 12.9. The Hall–Kier alpha value is -0.980. The maximum absolute atomic E-state index is 10.7. The summed E-state index contributed by atoms with van der Waals surface area (Å²) in [6, 6.07) is 2.16. The molecule has 112 valence electrons. The number of hydrogen-bond acceptors (Lipinski definition) is 5. The number of nitrogens with zero attached hydrogens (tertiary/aromatic N) is 2. The zero-order valence-corrected chi connectivity index (χ0v) is 13.0. The van der Waals surface area contributed by atoms with E-state index in [-0.39, 0.29) is 9.92 Å². The minimum absolute atomic E-state index is 0.239. The normalized spacial score (nSPS) is 19.7. The van der Waals surface area contributed by atoms with Crippen molar-refractivity contribution in [3.8, 4) is 0 Å². The van der Waals surface area contributed by atoms with Gasteiger partial charge in [0, 0.05) is 30.6 Å². The van der Waals surface area contributed by atoms with Crippen molar-refractivity contribution in [1.82, 2.24) is 10.2 Å². The Morgan fingerprint density at radius 3 is 2.95 bits per heavy atom. The fourth-order valence-electron chi connectivity index (χ4n) is 2.65. The third-order valence-corrected chi connectivity index (χ3v) is 4.76. The summed E-state index contributed by atoms with van der Waals surface area (Å²) in [7, 11) is 0. The molecule has 1 N–H and O–H groups in total. The van der Waals surface area contributed by atoms with Gasteiger partial charge in [-0.25, -0.2) is 0 Å². The number of hydrogen-bond donors (Lipinski definition) is 1. The second-order valence-electron chi connectivity index (χ2n) is 5.79. The van der Waals surface area contributed by atoms with Gasteiger partial charge in [-0.15, -0.1) is 0 Å². The average Bonchev–Trinajstić information content (AvgIpc) is 2.88. The quantitative estimate of drug-likeness (QED) is 0.648. The van der Waals surface area contributed by atoms with E-state index >= 15 is 0 Å². The molecule has 1 aromatic rings. The lowest BCUT2D eigenvalue weighted by atomic mass is 9.98. The van der Waals surface area contributed by atoms with Gasteiger partial charge in [-0.2, -0.15) is 0 Å². The lowest BCUT2D eigenvalue weighted by Crippen LogP contribution is -2.40. The lowest BCUT2D eigenvalue weighted by molar-refractivity contribution is -0.380. The molecule has 0 amide bonds. The summed E-state index contributed by atoms with van der Waals surface area (Å²) in [5.74, 6) is 0.694. The second-order valence-corrected chi connectivity index (χ2v) is 6.68. The minimum atomic E-state index is -0.307. The first-order chi connectivity index (χ1) is 9.56. The highest BCUT2D eigenvalue weighted by Crippen LogP contribution is 2.24. The van der Waals surface area contributed by atoms with Crippen molar-refractivity contribution >= 4 is 16.3 Å². The fourth-order valence-corrected chi connectivity index (χ4v) is 3.37. The molecule has 0 spiro atoms. The van der Waals surface area contributed by atoms with Crippen LogP contribution in [0.1, 0.15) is 32.3 Å². The molecule has 1 fully saturated rings. The van der Waals surface area contributed by atoms with Crippen LogP contribution in [0.15, 0.2) is 11.4 Å². The van der Waals surface area contributed by atoms with E-state index in [2.05, 4.69) is 24.1 Å². The summed E-state index contributed by atoms with van der Waals surface area (Å²) >= 11 is 1.22. The maximum Gasteiger partial charge on any atom is 0.324 e. The SMILES string of the molecule is CC(C)N(Cc1csc([N+](=O)[O-])c1)CC1CCCNC1. The van der Waals surface area contributed by atoms with Gasteiger partial charge in [-0.05, 0) is 51.3 Å². The first-order valence-electron chi connectivity index (χ1n) is 7.23. The summed E-state index contributed by atoms with van der Waals surface area (Å²) in [5.41, 5.74) is 1.05. The molecule has 0 aromatic carbocycles. The summed E-state index contributed by atoms with van der Waals surface area (Å²) < 4.78 is 0. The molecule has 1 aliphatic rings. The van der Waals surface area contributed by atoms with Crippen LogP contribution in [0.5, 0.6) is 0 Å². The molecule has 0 radical (unpaired) electrons. The van der Waals surface area contributed by atoms with E-state index in [1.807, 2.05) is 5.38 Å². The Balaban J connectivity index is 1.95.